The third kappa shape index (κ3) is 4.36. The van der Waals surface area contributed by atoms with Crippen LogP contribution < -0.4 is 5.32 Å². The van der Waals surface area contributed by atoms with Crippen LogP contribution in [0.2, 0.25) is 0 Å². The minimum atomic E-state index is -2.39. The van der Waals surface area contributed by atoms with Crippen molar-refractivity contribution in [1.82, 2.24) is 5.32 Å². The third-order valence-corrected chi connectivity index (χ3v) is 2.76. The van der Waals surface area contributed by atoms with E-state index < -0.39 is 5.92 Å². The van der Waals surface area contributed by atoms with Crippen LogP contribution in [0.25, 0.3) is 0 Å². The number of hydrogen-bond donors (Lipinski definition) is 1. The van der Waals surface area contributed by atoms with Gasteiger partial charge in [0.05, 0.1) is 0 Å². The van der Waals surface area contributed by atoms with Gasteiger partial charge in [-0.25, -0.2) is 8.78 Å². The minimum absolute atomic E-state index is 0.0729. The Morgan fingerprint density at radius 3 is 2.14 bits per heavy atom. The first kappa shape index (κ1) is 11.9. The zero-order valence-corrected chi connectivity index (χ0v) is 9.37. The average molecular weight is 205 g/mol. The van der Waals surface area contributed by atoms with Gasteiger partial charge in [0, 0.05) is 18.4 Å². The molecule has 3 heteroatoms. The van der Waals surface area contributed by atoms with E-state index in [-0.39, 0.29) is 18.4 Å². The van der Waals surface area contributed by atoms with Gasteiger partial charge in [0.2, 0.25) is 5.92 Å². The van der Waals surface area contributed by atoms with Crippen LogP contribution in [0, 0.1) is 5.92 Å². The fourth-order valence-electron chi connectivity index (χ4n) is 1.75. The van der Waals surface area contributed by atoms with Gasteiger partial charge in [-0.15, -0.1) is 0 Å². The highest BCUT2D eigenvalue weighted by molar-refractivity contribution is 4.80. The van der Waals surface area contributed by atoms with Crippen LogP contribution in [0.4, 0.5) is 8.78 Å². The number of hydrogen-bond acceptors (Lipinski definition) is 1. The molecule has 0 aliphatic heterocycles. The molecule has 14 heavy (non-hydrogen) atoms. The molecule has 0 aromatic carbocycles. The van der Waals surface area contributed by atoms with E-state index >= 15 is 0 Å². The first-order valence-corrected chi connectivity index (χ1v) is 5.41. The molecule has 0 heterocycles. The molecule has 0 aromatic heterocycles. The topological polar surface area (TPSA) is 12.0 Å². The zero-order chi connectivity index (χ0) is 10.8. The molecule has 0 bridgehead atoms. The van der Waals surface area contributed by atoms with Crippen LogP contribution >= 0.6 is 0 Å². The normalized spacial score (nSPS) is 23.8. The average Bonchev–Trinajstić information content (AvgIpc) is 2.01. The Morgan fingerprint density at radius 1 is 1.21 bits per heavy atom. The molecule has 0 amide bonds. The molecule has 0 atom stereocenters. The van der Waals surface area contributed by atoms with Gasteiger partial charge in [0.15, 0.2) is 0 Å². The summed E-state index contributed by atoms with van der Waals surface area (Å²) in [4.78, 5) is 0. The highest BCUT2D eigenvalue weighted by atomic mass is 19.3. The molecule has 1 N–H and O–H groups in total. The number of halogens is 2. The molecule has 0 spiro atoms. The van der Waals surface area contributed by atoms with E-state index in [1.165, 1.54) is 0 Å². The predicted octanol–water partition coefficient (Wildman–Crippen LogP) is 3.20. The van der Waals surface area contributed by atoms with E-state index in [0.717, 1.165) is 6.54 Å². The van der Waals surface area contributed by atoms with Gasteiger partial charge in [0.1, 0.15) is 0 Å². The van der Waals surface area contributed by atoms with Gasteiger partial charge in [-0.2, -0.15) is 0 Å². The molecular weight excluding hydrogens is 184 g/mol. The largest absolute Gasteiger partial charge is 0.312 e. The van der Waals surface area contributed by atoms with Gasteiger partial charge >= 0.3 is 0 Å². The molecule has 1 fully saturated rings. The van der Waals surface area contributed by atoms with Gasteiger partial charge in [0.25, 0.3) is 0 Å². The van der Waals surface area contributed by atoms with E-state index in [1.54, 1.807) is 0 Å². The Kier molecular flexibility index (Phi) is 3.51. The Labute approximate surface area is 85.3 Å². The van der Waals surface area contributed by atoms with Crippen molar-refractivity contribution in [1.29, 1.82) is 0 Å². The van der Waals surface area contributed by atoms with Crippen LogP contribution in [-0.4, -0.2) is 18.0 Å². The van der Waals surface area contributed by atoms with Crippen molar-refractivity contribution in [2.75, 3.05) is 6.54 Å². The Balaban J connectivity index is 2.23. The Hall–Kier alpha value is -0.180. The molecular formula is C11H21F2N. The third-order valence-electron chi connectivity index (χ3n) is 2.76. The minimum Gasteiger partial charge on any atom is -0.312 e. The molecule has 1 aliphatic rings. The van der Waals surface area contributed by atoms with Crippen LogP contribution in [-0.2, 0) is 0 Å². The summed E-state index contributed by atoms with van der Waals surface area (Å²) in [6.07, 6.45) is 1.47. The van der Waals surface area contributed by atoms with E-state index in [4.69, 9.17) is 0 Å². The predicted molar refractivity (Wildman–Crippen MR) is 54.7 cm³/mol. The fourth-order valence-corrected chi connectivity index (χ4v) is 1.75. The van der Waals surface area contributed by atoms with E-state index in [2.05, 4.69) is 26.1 Å². The van der Waals surface area contributed by atoms with Gasteiger partial charge in [-0.05, 0) is 46.1 Å². The smallest absolute Gasteiger partial charge is 0.248 e. The van der Waals surface area contributed by atoms with Crippen LogP contribution in [0.5, 0.6) is 0 Å². The van der Waals surface area contributed by atoms with Crippen molar-refractivity contribution in [3.05, 3.63) is 0 Å². The van der Waals surface area contributed by atoms with Gasteiger partial charge in [-0.3, -0.25) is 0 Å². The molecule has 84 valence electrons. The second-order valence-corrected chi connectivity index (χ2v) is 5.43. The van der Waals surface area contributed by atoms with Crippen molar-refractivity contribution >= 4 is 0 Å². The first-order valence-electron chi connectivity index (χ1n) is 5.41. The quantitative estimate of drug-likeness (QED) is 0.730. The summed E-state index contributed by atoms with van der Waals surface area (Å²) in [6.45, 7) is 7.18. The maximum absolute atomic E-state index is 12.8. The highest BCUT2D eigenvalue weighted by Crippen LogP contribution is 2.35. The lowest BCUT2D eigenvalue weighted by molar-refractivity contribution is -0.0458. The fraction of sp³-hybridized carbons (Fsp3) is 1.00. The lowest BCUT2D eigenvalue weighted by Gasteiger charge is -2.31. The summed E-state index contributed by atoms with van der Waals surface area (Å²) < 4.78 is 25.7. The monoisotopic (exact) mass is 205 g/mol. The first-order chi connectivity index (χ1) is 6.29. The van der Waals surface area contributed by atoms with Crippen molar-refractivity contribution in [3.8, 4) is 0 Å². The van der Waals surface area contributed by atoms with Gasteiger partial charge < -0.3 is 5.32 Å². The summed E-state index contributed by atoms with van der Waals surface area (Å²) in [5.41, 5.74) is 0.0972. The summed E-state index contributed by atoms with van der Waals surface area (Å²) in [6, 6.07) is 0. The molecule has 1 rings (SSSR count). The Morgan fingerprint density at radius 2 is 1.71 bits per heavy atom. The number of nitrogens with one attached hydrogen (secondary N) is 1. The molecule has 1 aliphatic carbocycles. The Bertz CT molecular complexity index is 174. The SMILES string of the molecule is CC(C)(C)NCC1CCC(F)(F)CC1. The zero-order valence-electron chi connectivity index (χ0n) is 9.37. The molecule has 0 radical (unpaired) electrons. The lowest BCUT2D eigenvalue weighted by Crippen LogP contribution is -2.40. The molecule has 1 nitrogen and oxygen atoms in total. The molecule has 0 aromatic rings. The summed E-state index contributed by atoms with van der Waals surface area (Å²) in [5, 5.41) is 3.37. The number of alkyl halides is 2. The van der Waals surface area contributed by atoms with E-state index in [1.807, 2.05) is 0 Å². The highest BCUT2D eigenvalue weighted by Gasteiger charge is 2.34. The van der Waals surface area contributed by atoms with E-state index in [9.17, 15) is 8.78 Å². The van der Waals surface area contributed by atoms with Gasteiger partial charge in [-0.1, -0.05) is 0 Å². The van der Waals surface area contributed by atoms with Crippen LogP contribution in [0.1, 0.15) is 46.5 Å². The summed E-state index contributed by atoms with van der Waals surface area (Å²) >= 11 is 0. The molecule has 0 unspecified atom stereocenters. The maximum Gasteiger partial charge on any atom is 0.248 e. The van der Waals surface area contributed by atoms with Crippen LogP contribution in [0.15, 0.2) is 0 Å². The molecule has 0 saturated heterocycles. The summed E-state index contributed by atoms with van der Waals surface area (Å²) in [7, 11) is 0. The van der Waals surface area contributed by atoms with Crippen molar-refractivity contribution in [2.45, 2.75) is 57.9 Å². The van der Waals surface area contributed by atoms with Crippen molar-refractivity contribution in [2.24, 2.45) is 5.92 Å². The van der Waals surface area contributed by atoms with Crippen molar-refractivity contribution < 1.29 is 8.78 Å². The summed E-state index contributed by atoms with van der Waals surface area (Å²) in [5.74, 6) is -1.95. The maximum atomic E-state index is 12.8. The second kappa shape index (κ2) is 4.13. The van der Waals surface area contributed by atoms with E-state index in [0.29, 0.717) is 18.8 Å². The molecule has 1 saturated carbocycles. The van der Waals surface area contributed by atoms with Crippen LogP contribution in [0.3, 0.4) is 0 Å². The lowest BCUT2D eigenvalue weighted by atomic mass is 9.86. The van der Waals surface area contributed by atoms with Crippen molar-refractivity contribution in [3.63, 3.8) is 0 Å². The standard InChI is InChI=1S/C11H21F2N/c1-10(2,3)14-8-9-4-6-11(12,13)7-5-9/h9,14H,4-8H2,1-3H3. The second-order valence-electron chi connectivity index (χ2n) is 5.43. The number of rotatable bonds is 2.